The lowest BCUT2D eigenvalue weighted by molar-refractivity contribution is -0.138. The van der Waals surface area contributed by atoms with E-state index in [1.165, 1.54) is 6.07 Å². The lowest BCUT2D eigenvalue weighted by Gasteiger charge is -2.34. The number of carbonyl (C=O) groups excluding carboxylic acids is 3. The zero-order chi connectivity index (χ0) is 26.8. The number of ketones is 1. The second kappa shape index (κ2) is 11.1. The summed E-state index contributed by atoms with van der Waals surface area (Å²) in [5.41, 5.74) is 1.92. The van der Waals surface area contributed by atoms with Gasteiger partial charge in [-0.1, -0.05) is 43.3 Å². The molecule has 2 N–H and O–H groups in total. The Labute approximate surface area is 222 Å². The number of nitrogens with zero attached hydrogens (tertiary/aromatic N) is 2. The summed E-state index contributed by atoms with van der Waals surface area (Å²) in [7, 11) is 0. The third-order valence-electron chi connectivity index (χ3n) is 8.02. The molecule has 2 aromatic carbocycles. The summed E-state index contributed by atoms with van der Waals surface area (Å²) in [5.74, 6) is -0.836. The first kappa shape index (κ1) is 26.1. The van der Waals surface area contributed by atoms with Crippen LogP contribution in [0.3, 0.4) is 0 Å². The van der Waals surface area contributed by atoms with Gasteiger partial charge in [-0.2, -0.15) is 0 Å². The molecule has 1 aromatic heterocycles. The molecule has 1 unspecified atom stereocenters. The van der Waals surface area contributed by atoms with Crippen molar-refractivity contribution in [2.24, 2.45) is 5.92 Å². The zero-order valence-electron chi connectivity index (χ0n) is 22.0. The summed E-state index contributed by atoms with van der Waals surface area (Å²) < 4.78 is 14.1. The molecule has 5 atom stereocenters. The second-order valence-electron chi connectivity index (χ2n) is 10.9. The van der Waals surface area contributed by atoms with E-state index in [1.54, 1.807) is 12.1 Å². The zero-order valence-corrected chi connectivity index (χ0v) is 22.0. The number of imidazole rings is 1. The number of piperidine rings is 1. The number of para-hydroxylation sites is 1. The van der Waals surface area contributed by atoms with Crippen molar-refractivity contribution in [1.82, 2.24) is 20.2 Å². The molecule has 7 nitrogen and oxygen atoms in total. The van der Waals surface area contributed by atoms with Crippen molar-refractivity contribution in [2.75, 3.05) is 6.54 Å². The molecule has 1 saturated heterocycles. The number of rotatable bonds is 9. The van der Waals surface area contributed by atoms with E-state index in [9.17, 15) is 18.8 Å². The van der Waals surface area contributed by atoms with Gasteiger partial charge in [0, 0.05) is 30.8 Å². The first-order chi connectivity index (χ1) is 18.3. The number of carbonyl (C=O) groups is 3. The van der Waals surface area contributed by atoms with Crippen LogP contribution in [0, 0.1) is 11.7 Å². The van der Waals surface area contributed by atoms with Gasteiger partial charge in [0.15, 0.2) is 11.6 Å². The molecular weight excluding hydrogens is 483 g/mol. The minimum absolute atomic E-state index is 0.0564. The summed E-state index contributed by atoms with van der Waals surface area (Å²) in [4.78, 5) is 49.3. The molecule has 3 aromatic rings. The molecule has 0 bridgehead atoms. The van der Waals surface area contributed by atoms with E-state index < -0.39 is 11.9 Å². The van der Waals surface area contributed by atoms with E-state index in [0.717, 1.165) is 31.2 Å². The normalized spacial score (nSPS) is 22.6. The van der Waals surface area contributed by atoms with Gasteiger partial charge in [0.05, 0.1) is 18.0 Å². The quantitative estimate of drug-likeness (QED) is 0.424. The van der Waals surface area contributed by atoms with Gasteiger partial charge >= 0.3 is 0 Å². The Balaban J connectivity index is 1.29. The number of aromatic nitrogens is 2. The van der Waals surface area contributed by atoms with Crippen LogP contribution in [0.5, 0.6) is 0 Å². The number of benzene rings is 2. The largest absolute Gasteiger partial charge is 0.346 e. The van der Waals surface area contributed by atoms with Gasteiger partial charge in [-0.15, -0.1) is 0 Å². The smallest absolute Gasteiger partial charge is 0.225 e. The average molecular weight is 519 g/mol. The molecule has 2 aliphatic rings. The number of hydrogen-bond acceptors (Lipinski definition) is 4. The van der Waals surface area contributed by atoms with Crippen LogP contribution in [0.1, 0.15) is 75.6 Å². The van der Waals surface area contributed by atoms with Crippen molar-refractivity contribution < 1.29 is 18.8 Å². The highest BCUT2D eigenvalue weighted by Gasteiger charge is 2.45. The molecule has 1 aliphatic carbocycles. The third kappa shape index (κ3) is 5.64. The first-order valence-corrected chi connectivity index (χ1v) is 13.6. The number of nitrogens with one attached hydrogen (secondary N) is 2. The van der Waals surface area contributed by atoms with Gasteiger partial charge in [0.1, 0.15) is 11.3 Å². The lowest BCUT2D eigenvalue weighted by Crippen LogP contribution is -2.48. The Morgan fingerprint density at radius 3 is 2.63 bits per heavy atom. The van der Waals surface area contributed by atoms with E-state index in [0.29, 0.717) is 17.9 Å². The SMILES string of the molecule is C[C@H](CC(=O)[C@H](CC(=O)N1CCCC[C@@H]1C)NC(=O)C1C[C@@H]1c1ccccc1)c1nc2c(F)cccc2[nH]1. The summed E-state index contributed by atoms with van der Waals surface area (Å²) in [6.45, 7) is 4.55. The molecule has 2 amide bonds. The molecule has 38 heavy (non-hydrogen) atoms. The van der Waals surface area contributed by atoms with Crippen LogP contribution < -0.4 is 5.32 Å². The third-order valence-corrected chi connectivity index (χ3v) is 8.02. The highest BCUT2D eigenvalue weighted by Crippen LogP contribution is 2.47. The molecule has 1 aliphatic heterocycles. The van der Waals surface area contributed by atoms with Crippen molar-refractivity contribution in [1.29, 1.82) is 0 Å². The molecule has 8 heteroatoms. The highest BCUT2D eigenvalue weighted by molar-refractivity contribution is 5.95. The number of amides is 2. The van der Waals surface area contributed by atoms with Gasteiger partial charge < -0.3 is 15.2 Å². The van der Waals surface area contributed by atoms with Crippen molar-refractivity contribution in [3.05, 3.63) is 65.7 Å². The Morgan fingerprint density at radius 2 is 1.89 bits per heavy atom. The highest BCUT2D eigenvalue weighted by atomic mass is 19.1. The summed E-state index contributed by atoms with van der Waals surface area (Å²) in [5, 5.41) is 2.93. The van der Waals surface area contributed by atoms with Crippen molar-refractivity contribution in [3.63, 3.8) is 0 Å². The predicted molar refractivity (Wildman–Crippen MR) is 143 cm³/mol. The Kier molecular flexibility index (Phi) is 7.58. The fourth-order valence-electron chi connectivity index (χ4n) is 5.63. The minimum Gasteiger partial charge on any atom is -0.346 e. The van der Waals surface area contributed by atoms with Crippen LogP contribution >= 0.6 is 0 Å². The van der Waals surface area contributed by atoms with E-state index in [4.69, 9.17) is 0 Å². The van der Waals surface area contributed by atoms with Crippen LogP contribution in [-0.4, -0.2) is 51.1 Å². The van der Waals surface area contributed by atoms with Crippen LogP contribution in [0.15, 0.2) is 48.5 Å². The maximum atomic E-state index is 14.1. The Morgan fingerprint density at radius 1 is 1.11 bits per heavy atom. The molecule has 2 heterocycles. The second-order valence-corrected chi connectivity index (χ2v) is 10.9. The lowest BCUT2D eigenvalue weighted by atomic mass is 9.96. The molecule has 0 spiro atoms. The molecule has 200 valence electrons. The summed E-state index contributed by atoms with van der Waals surface area (Å²) >= 11 is 0. The van der Waals surface area contributed by atoms with Gasteiger partial charge in [0.25, 0.3) is 0 Å². The van der Waals surface area contributed by atoms with E-state index in [2.05, 4.69) is 15.3 Å². The van der Waals surface area contributed by atoms with E-state index in [-0.39, 0.29) is 59.8 Å². The number of aromatic amines is 1. The Bertz CT molecular complexity index is 1320. The standard InChI is InChI=1S/C30H35FN4O3/c1-18(29-32-24-13-8-12-23(31)28(24)34-29)15-26(36)25(17-27(37)35-14-7-6-9-19(35)2)33-30(38)22-16-21(22)20-10-4-3-5-11-20/h3-5,8,10-13,18-19,21-22,25H,6-7,9,14-17H2,1-2H3,(H,32,34)(H,33,38)/t18-,19+,21-,22?,25+/m1/s1. The first-order valence-electron chi connectivity index (χ1n) is 13.6. The predicted octanol–water partition coefficient (Wildman–Crippen LogP) is 4.84. The van der Waals surface area contributed by atoms with Gasteiger partial charge in [-0.25, -0.2) is 9.37 Å². The number of Topliss-reactive ketones (excluding diaryl/α,β-unsaturated/α-hetero) is 1. The van der Waals surface area contributed by atoms with Gasteiger partial charge in [-0.3, -0.25) is 14.4 Å². The minimum atomic E-state index is -0.912. The van der Waals surface area contributed by atoms with Crippen LogP contribution in [0.4, 0.5) is 4.39 Å². The molecule has 1 saturated carbocycles. The monoisotopic (exact) mass is 518 g/mol. The maximum Gasteiger partial charge on any atom is 0.225 e. The van der Waals surface area contributed by atoms with Gasteiger partial charge in [0.2, 0.25) is 11.8 Å². The van der Waals surface area contributed by atoms with Crippen molar-refractivity contribution in [3.8, 4) is 0 Å². The summed E-state index contributed by atoms with van der Waals surface area (Å²) in [6.07, 6.45) is 3.72. The molecule has 2 fully saturated rings. The van der Waals surface area contributed by atoms with Crippen molar-refractivity contribution in [2.45, 2.75) is 76.3 Å². The molecule has 0 radical (unpaired) electrons. The number of H-pyrrole nitrogens is 1. The van der Waals surface area contributed by atoms with Crippen molar-refractivity contribution >= 4 is 28.6 Å². The van der Waals surface area contributed by atoms with Gasteiger partial charge in [-0.05, 0) is 56.2 Å². The molecular formula is C30H35FN4O3. The fourth-order valence-corrected chi connectivity index (χ4v) is 5.63. The average Bonchev–Trinajstić information content (AvgIpc) is 3.59. The van der Waals surface area contributed by atoms with Crippen LogP contribution in [0.25, 0.3) is 11.0 Å². The van der Waals surface area contributed by atoms with E-state index in [1.807, 2.05) is 49.1 Å². The number of halogens is 1. The van der Waals surface area contributed by atoms with Crippen LogP contribution in [0.2, 0.25) is 0 Å². The molecule has 5 rings (SSSR count). The fraction of sp³-hybridized carbons (Fsp3) is 0.467. The Hall–Kier alpha value is -3.55. The van der Waals surface area contributed by atoms with E-state index >= 15 is 0 Å². The number of likely N-dealkylation sites (tertiary alicyclic amines) is 1. The number of fused-ring (bicyclic) bond motifs is 1. The summed E-state index contributed by atoms with van der Waals surface area (Å²) in [6, 6.07) is 13.8. The maximum absolute atomic E-state index is 14.1. The topological polar surface area (TPSA) is 95.2 Å². The number of hydrogen-bond donors (Lipinski definition) is 2. The van der Waals surface area contributed by atoms with Crippen LogP contribution in [-0.2, 0) is 14.4 Å².